The van der Waals surface area contributed by atoms with Crippen LogP contribution in [-0.2, 0) is 0 Å². The van der Waals surface area contributed by atoms with Gasteiger partial charge in [-0.3, -0.25) is 4.79 Å². The first-order valence-electron chi connectivity index (χ1n) is 7.79. The van der Waals surface area contributed by atoms with Crippen LogP contribution in [0.1, 0.15) is 27.4 Å². The lowest BCUT2D eigenvalue weighted by atomic mass is 9.95. The number of benzene rings is 2. The monoisotopic (exact) mass is 352 g/mol. The number of carbonyl (C=O) groups is 1. The lowest BCUT2D eigenvalue weighted by Crippen LogP contribution is -2.05. The van der Waals surface area contributed by atoms with Crippen molar-refractivity contribution in [2.24, 2.45) is 5.18 Å². The number of phenols is 1. The summed E-state index contributed by atoms with van der Waals surface area (Å²) in [6.07, 6.45) is 0. The van der Waals surface area contributed by atoms with Crippen molar-refractivity contribution in [3.05, 3.63) is 63.9 Å². The number of aryl methyl sites for hydroxylation is 2. The Morgan fingerprint density at radius 2 is 2.00 bits per heavy atom. The summed E-state index contributed by atoms with van der Waals surface area (Å²) < 4.78 is 10.4. The molecule has 7 nitrogen and oxygen atoms in total. The number of rotatable bonds is 5. The van der Waals surface area contributed by atoms with E-state index in [2.05, 4.69) is 10.3 Å². The van der Waals surface area contributed by atoms with E-state index in [1.807, 2.05) is 0 Å². The highest BCUT2D eigenvalue weighted by atomic mass is 16.5. The van der Waals surface area contributed by atoms with Crippen LogP contribution in [0.2, 0.25) is 0 Å². The summed E-state index contributed by atoms with van der Waals surface area (Å²) in [5, 5.41) is 17.5. The Hall–Kier alpha value is -3.48. The van der Waals surface area contributed by atoms with Crippen molar-refractivity contribution in [1.82, 2.24) is 5.16 Å². The predicted octanol–water partition coefficient (Wildman–Crippen LogP) is 4.30. The average molecular weight is 352 g/mol. The lowest BCUT2D eigenvalue weighted by molar-refractivity contribution is 0.103. The highest BCUT2D eigenvalue weighted by Gasteiger charge is 2.25. The van der Waals surface area contributed by atoms with Crippen molar-refractivity contribution >= 4 is 11.5 Å². The van der Waals surface area contributed by atoms with Gasteiger partial charge in [-0.05, 0) is 48.9 Å². The van der Waals surface area contributed by atoms with E-state index < -0.39 is 5.78 Å². The highest BCUT2D eigenvalue weighted by Crippen LogP contribution is 2.42. The van der Waals surface area contributed by atoms with Crippen molar-refractivity contribution in [2.45, 2.75) is 13.8 Å². The summed E-state index contributed by atoms with van der Waals surface area (Å²) in [5.74, 6) is 0.0713. The van der Waals surface area contributed by atoms with E-state index in [9.17, 15) is 14.8 Å². The van der Waals surface area contributed by atoms with Crippen molar-refractivity contribution in [3.8, 4) is 22.6 Å². The Labute approximate surface area is 149 Å². The van der Waals surface area contributed by atoms with Gasteiger partial charge in [-0.25, -0.2) is 0 Å². The summed E-state index contributed by atoms with van der Waals surface area (Å²) in [6, 6.07) is 9.44. The van der Waals surface area contributed by atoms with Crippen LogP contribution in [0.4, 0.5) is 5.69 Å². The molecule has 3 aromatic rings. The molecule has 0 unspecified atom stereocenters. The fourth-order valence-electron chi connectivity index (χ4n) is 2.86. The maximum atomic E-state index is 12.9. The maximum Gasteiger partial charge on any atom is 0.202 e. The summed E-state index contributed by atoms with van der Waals surface area (Å²) >= 11 is 0. The molecule has 0 bridgehead atoms. The largest absolute Gasteiger partial charge is 0.506 e. The van der Waals surface area contributed by atoms with Crippen molar-refractivity contribution < 1.29 is 19.2 Å². The molecule has 1 heterocycles. The third kappa shape index (κ3) is 2.83. The van der Waals surface area contributed by atoms with Gasteiger partial charge in [0.15, 0.2) is 0 Å². The first kappa shape index (κ1) is 17.3. The number of methoxy groups -OCH3 is 1. The molecule has 1 aromatic heterocycles. The number of hydrogen-bond donors (Lipinski definition) is 1. The van der Waals surface area contributed by atoms with Gasteiger partial charge in [-0.2, -0.15) is 0 Å². The van der Waals surface area contributed by atoms with E-state index in [1.54, 1.807) is 38.1 Å². The van der Waals surface area contributed by atoms with Gasteiger partial charge in [-0.15, -0.1) is 4.91 Å². The quantitative estimate of drug-likeness (QED) is 0.542. The first-order chi connectivity index (χ1) is 12.5. The number of hydrogen-bond acceptors (Lipinski definition) is 7. The fourth-order valence-corrected chi connectivity index (χ4v) is 2.86. The molecular formula is C19H16N2O5. The van der Waals surface area contributed by atoms with Gasteiger partial charge in [0.25, 0.3) is 0 Å². The second kappa shape index (κ2) is 6.79. The molecule has 0 spiro atoms. The first-order valence-corrected chi connectivity index (χ1v) is 7.79. The molecule has 0 saturated heterocycles. The van der Waals surface area contributed by atoms with Crippen LogP contribution in [0.25, 0.3) is 11.1 Å². The van der Waals surface area contributed by atoms with E-state index in [-0.39, 0.29) is 17.0 Å². The van der Waals surface area contributed by atoms with Crippen molar-refractivity contribution in [1.29, 1.82) is 0 Å². The van der Waals surface area contributed by atoms with E-state index in [4.69, 9.17) is 9.26 Å². The molecule has 132 valence electrons. The number of ketones is 1. The Bertz CT molecular complexity index is 988. The number of aromatic hydroxyl groups is 1. The molecule has 0 aliphatic carbocycles. The second-order valence-electron chi connectivity index (χ2n) is 5.71. The summed E-state index contributed by atoms with van der Waals surface area (Å²) in [5.41, 5.74) is 1.84. The molecule has 2 aromatic carbocycles. The van der Waals surface area contributed by atoms with Crippen molar-refractivity contribution in [2.75, 3.05) is 7.11 Å². The molecule has 0 amide bonds. The minimum atomic E-state index is -0.410. The topological polar surface area (TPSA) is 102 Å². The van der Waals surface area contributed by atoms with Crippen LogP contribution >= 0.6 is 0 Å². The molecule has 0 fully saturated rings. The SMILES string of the molecule is COc1ccc(C(=O)c2c(C)noc2C)c(O)c1-c1cccc(N=O)c1. The third-order valence-electron chi connectivity index (χ3n) is 4.10. The summed E-state index contributed by atoms with van der Waals surface area (Å²) in [4.78, 5) is 23.7. The Balaban J connectivity index is 2.21. The zero-order valence-electron chi connectivity index (χ0n) is 14.4. The highest BCUT2D eigenvalue weighted by molar-refractivity contribution is 6.13. The summed E-state index contributed by atoms with van der Waals surface area (Å²) in [6.45, 7) is 3.29. The summed E-state index contributed by atoms with van der Waals surface area (Å²) in [7, 11) is 1.45. The third-order valence-corrected chi connectivity index (χ3v) is 4.10. The maximum absolute atomic E-state index is 12.9. The van der Waals surface area contributed by atoms with Crippen LogP contribution < -0.4 is 4.74 Å². The second-order valence-corrected chi connectivity index (χ2v) is 5.71. The number of nitrogens with zero attached hydrogens (tertiary/aromatic N) is 2. The van der Waals surface area contributed by atoms with Gasteiger partial charge in [0.2, 0.25) is 5.78 Å². The van der Waals surface area contributed by atoms with E-state index >= 15 is 0 Å². The van der Waals surface area contributed by atoms with Crippen LogP contribution in [0.15, 0.2) is 46.1 Å². The van der Waals surface area contributed by atoms with Gasteiger partial charge < -0.3 is 14.4 Å². The molecule has 0 atom stereocenters. The van der Waals surface area contributed by atoms with Gasteiger partial charge in [0, 0.05) is 0 Å². The molecular weight excluding hydrogens is 336 g/mol. The lowest BCUT2D eigenvalue weighted by Gasteiger charge is -2.14. The number of phenolic OH excluding ortho intramolecular Hbond substituents is 1. The van der Waals surface area contributed by atoms with Gasteiger partial charge in [-0.1, -0.05) is 17.3 Å². The molecule has 0 aliphatic heterocycles. The Morgan fingerprint density at radius 3 is 2.62 bits per heavy atom. The Morgan fingerprint density at radius 1 is 1.23 bits per heavy atom. The molecule has 26 heavy (non-hydrogen) atoms. The van der Waals surface area contributed by atoms with Crippen molar-refractivity contribution in [3.63, 3.8) is 0 Å². The van der Waals surface area contributed by atoms with Crippen LogP contribution in [0.5, 0.6) is 11.5 Å². The zero-order valence-corrected chi connectivity index (χ0v) is 14.4. The zero-order chi connectivity index (χ0) is 18.8. The number of nitroso groups, excluding NO2 is 1. The van der Waals surface area contributed by atoms with Gasteiger partial charge in [0.1, 0.15) is 22.9 Å². The standard InChI is InChI=1S/C19H16N2O5/c1-10-16(11(2)26-21-10)18(22)14-7-8-15(25-3)17(19(14)23)12-5-4-6-13(9-12)20-24/h4-9,23H,1-3H3. The molecule has 0 saturated carbocycles. The number of aromatic nitrogens is 1. The molecule has 7 heteroatoms. The smallest absolute Gasteiger partial charge is 0.202 e. The van der Waals surface area contributed by atoms with Crippen LogP contribution in [0, 0.1) is 18.8 Å². The van der Waals surface area contributed by atoms with E-state index in [1.165, 1.54) is 19.2 Å². The van der Waals surface area contributed by atoms with Crippen LogP contribution in [-0.4, -0.2) is 23.2 Å². The van der Waals surface area contributed by atoms with E-state index in [0.29, 0.717) is 33.9 Å². The minimum Gasteiger partial charge on any atom is -0.506 e. The Kier molecular flexibility index (Phi) is 4.53. The normalized spacial score (nSPS) is 10.6. The van der Waals surface area contributed by atoms with Crippen LogP contribution in [0.3, 0.4) is 0 Å². The van der Waals surface area contributed by atoms with Gasteiger partial charge >= 0.3 is 0 Å². The fraction of sp³-hybridized carbons (Fsp3) is 0.158. The number of carbonyl (C=O) groups excluding carboxylic acids is 1. The average Bonchev–Trinajstić information content (AvgIpc) is 2.99. The number of ether oxygens (including phenoxy) is 1. The van der Waals surface area contributed by atoms with E-state index in [0.717, 1.165) is 0 Å². The minimum absolute atomic E-state index is 0.0830. The molecule has 0 aliphatic rings. The molecule has 1 N–H and O–H groups in total. The molecule has 3 rings (SSSR count). The van der Waals surface area contributed by atoms with Gasteiger partial charge in [0.05, 0.1) is 29.5 Å². The molecule has 0 radical (unpaired) electrons. The predicted molar refractivity (Wildman–Crippen MR) is 95.0 cm³/mol.